The molecule has 1 amide bonds. The summed E-state index contributed by atoms with van der Waals surface area (Å²) in [6, 6.07) is 21.4. The van der Waals surface area contributed by atoms with Gasteiger partial charge in [-0.05, 0) is 59.4 Å². The topological polar surface area (TPSA) is 57.6 Å². The normalized spacial score (nSPS) is 17.5. The summed E-state index contributed by atoms with van der Waals surface area (Å²) in [6.07, 6.45) is 6.38. The third-order valence-electron chi connectivity index (χ3n) is 6.57. The number of carbonyl (C=O) groups is 2. The van der Waals surface area contributed by atoms with E-state index in [2.05, 4.69) is 48.0 Å². The van der Waals surface area contributed by atoms with E-state index >= 15 is 0 Å². The van der Waals surface area contributed by atoms with E-state index in [0.717, 1.165) is 21.2 Å². The highest BCUT2D eigenvalue weighted by Crippen LogP contribution is 2.44. The molecule has 0 spiro atoms. The van der Waals surface area contributed by atoms with E-state index in [1.165, 1.54) is 11.6 Å². The van der Waals surface area contributed by atoms with Gasteiger partial charge in [0, 0.05) is 10.0 Å². The van der Waals surface area contributed by atoms with Gasteiger partial charge in [-0.15, -0.1) is 0 Å². The van der Waals surface area contributed by atoms with E-state index in [0.29, 0.717) is 23.7 Å². The van der Waals surface area contributed by atoms with Gasteiger partial charge in [-0.25, -0.2) is 0 Å². The van der Waals surface area contributed by atoms with Crippen LogP contribution in [0.25, 0.3) is 6.08 Å². The van der Waals surface area contributed by atoms with Crippen molar-refractivity contribution in [3.8, 4) is 0 Å². The molecule has 184 valence electrons. The first-order chi connectivity index (χ1) is 17.2. The predicted octanol–water partition coefficient (Wildman–Crippen LogP) is 6.84. The van der Waals surface area contributed by atoms with Crippen molar-refractivity contribution in [3.63, 3.8) is 0 Å². The fourth-order valence-electron chi connectivity index (χ4n) is 4.45. The lowest BCUT2D eigenvalue weighted by Crippen LogP contribution is -2.41. The number of allylic oxidation sites excluding steroid dienone is 3. The van der Waals surface area contributed by atoms with Gasteiger partial charge in [-0.2, -0.15) is 0 Å². The Morgan fingerprint density at radius 2 is 1.81 bits per heavy atom. The number of aliphatic hydroxyl groups is 1. The van der Waals surface area contributed by atoms with Gasteiger partial charge in [-0.1, -0.05) is 96.5 Å². The van der Waals surface area contributed by atoms with Crippen LogP contribution < -0.4 is 4.90 Å². The Morgan fingerprint density at radius 3 is 2.53 bits per heavy atom. The maximum Gasteiger partial charge on any atom is 0.264 e. The highest BCUT2D eigenvalue weighted by molar-refractivity contribution is 9.10. The van der Waals surface area contributed by atoms with Gasteiger partial charge in [0.25, 0.3) is 5.91 Å². The number of fused-ring (bicyclic) bond motifs is 1. The highest BCUT2D eigenvalue weighted by atomic mass is 79.9. The third kappa shape index (κ3) is 5.43. The second-order valence-corrected chi connectivity index (χ2v) is 10.4. The van der Waals surface area contributed by atoms with E-state index in [-0.39, 0.29) is 12.2 Å². The molecule has 0 unspecified atom stereocenters. The SMILES string of the molecule is Cc1ccc(C(C)C)cc1CN1C(=O)[C@](O)(CC(=O)/C=C/C=C/c2ccccc2)c2cc(Br)ccc21. The quantitative estimate of drug-likeness (QED) is 0.250. The largest absolute Gasteiger partial charge is 0.375 e. The summed E-state index contributed by atoms with van der Waals surface area (Å²) >= 11 is 3.45. The molecular formula is C31H30BrNO3. The number of hydrogen-bond acceptors (Lipinski definition) is 3. The molecule has 1 atom stereocenters. The first-order valence-corrected chi connectivity index (χ1v) is 12.8. The van der Waals surface area contributed by atoms with Crippen molar-refractivity contribution in [2.75, 3.05) is 4.90 Å². The van der Waals surface area contributed by atoms with Crippen LogP contribution in [0.2, 0.25) is 0 Å². The summed E-state index contributed by atoms with van der Waals surface area (Å²) in [5.41, 5.74) is 3.45. The molecular weight excluding hydrogens is 514 g/mol. The number of rotatable bonds is 8. The van der Waals surface area contributed by atoms with Gasteiger partial charge in [0.05, 0.1) is 18.7 Å². The number of carbonyl (C=O) groups excluding carboxylic acids is 2. The minimum atomic E-state index is -1.92. The summed E-state index contributed by atoms with van der Waals surface area (Å²) in [5.74, 6) is -0.444. The first-order valence-electron chi connectivity index (χ1n) is 12.1. The monoisotopic (exact) mass is 543 g/mol. The van der Waals surface area contributed by atoms with Crippen LogP contribution in [0, 0.1) is 6.92 Å². The van der Waals surface area contributed by atoms with E-state index in [9.17, 15) is 14.7 Å². The number of aryl methyl sites for hydroxylation is 1. The molecule has 4 nitrogen and oxygen atoms in total. The summed E-state index contributed by atoms with van der Waals surface area (Å²) in [6.45, 7) is 6.61. The van der Waals surface area contributed by atoms with E-state index < -0.39 is 11.5 Å². The minimum absolute atomic E-state index is 0.325. The molecule has 4 rings (SSSR count). The molecule has 1 aliphatic heterocycles. The number of ketones is 1. The molecule has 0 aromatic heterocycles. The fraction of sp³-hybridized carbons (Fsp3) is 0.226. The molecule has 0 radical (unpaired) electrons. The highest BCUT2D eigenvalue weighted by Gasteiger charge is 2.50. The second kappa shape index (κ2) is 10.8. The van der Waals surface area contributed by atoms with Gasteiger partial charge >= 0.3 is 0 Å². The van der Waals surface area contributed by atoms with Crippen LogP contribution in [0.1, 0.15) is 54.0 Å². The lowest BCUT2D eigenvalue weighted by atomic mass is 9.90. The van der Waals surface area contributed by atoms with Crippen molar-refractivity contribution >= 4 is 39.4 Å². The van der Waals surface area contributed by atoms with Crippen LogP contribution in [-0.4, -0.2) is 16.8 Å². The maximum atomic E-state index is 13.7. The van der Waals surface area contributed by atoms with Crippen molar-refractivity contribution in [2.45, 2.75) is 45.3 Å². The maximum absolute atomic E-state index is 13.7. The molecule has 1 aliphatic rings. The number of nitrogens with zero attached hydrogens (tertiary/aromatic N) is 1. The molecule has 3 aromatic carbocycles. The molecule has 1 heterocycles. The zero-order valence-electron chi connectivity index (χ0n) is 20.7. The molecule has 5 heteroatoms. The lowest BCUT2D eigenvalue weighted by Gasteiger charge is -2.23. The molecule has 0 saturated heterocycles. The summed E-state index contributed by atoms with van der Waals surface area (Å²) in [7, 11) is 0. The van der Waals surface area contributed by atoms with Crippen molar-refractivity contribution in [1.82, 2.24) is 0 Å². The van der Waals surface area contributed by atoms with Crippen LogP contribution in [0.15, 0.2) is 89.4 Å². The van der Waals surface area contributed by atoms with Crippen molar-refractivity contribution in [3.05, 3.63) is 117 Å². The smallest absolute Gasteiger partial charge is 0.264 e. The summed E-state index contributed by atoms with van der Waals surface area (Å²) in [5, 5.41) is 11.6. The Labute approximate surface area is 221 Å². The van der Waals surface area contributed by atoms with Crippen molar-refractivity contribution in [2.24, 2.45) is 0 Å². The van der Waals surface area contributed by atoms with Crippen LogP contribution in [0.3, 0.4) is 0 Å². The molecule has 0 aliphatic carbocycles. The average Bonchev–Trinajstić information content (AvgIpc) is 3.04. The van der Waals surface area contributed by atoms with Gasteiger partial charge in [-0.3, -0.25) is 9.59 Å². The Balaban J connectivity index is 1.59. The van der Waals surface area contributed by atoms with Crippen molar-refractivity contribution < 1.29 is 14.7 Å². The molecule has 36 heavy (non-hydrogen) atoms. The van der Waals surface area contributed by atoms with Crippen LogP contribution in [0.4, 0.5) is 5.69 Å². The number of halogens is 1. The van der Waals surface area contributed by atoms with Crippen LogP contribution >= 0.6 is 15.9 Å². The number of hydrogen-bond donors (Lipinski definition) is 1. The zero-order chi connectivity index (χ0) is 25.9. The Kier molecular flexibility index (Phi) is 7.72. The first kappa shape index (κ1) is 25.8. The lowest BCUT2D eigenvalue weighted by molar-refractivity contribution is -0.140. The van der Waals surface area contributed by atoms with Crippen LogP contribution in [-0.2, 0) is 21.7 Å². The number of benzene rings is 3. The summed E-state index contributed by atoms with van der Waals surface area (Å²) < 4.78 is 0.737. The summed E-state index contributed by atoms with van der Waals surface area (Å²) in [4.78, 5) is 28.1. The van der Waals surface area contributed by atoms with Crippen LogP contribution in [0.5, 0.6) is 0 Å². The van der Waals surface area contributed by atoms with Gasteiger partial charge < -0.3 is 10.0 Å². The van der Waals surface area contributed by atoms with E-state index in [4.69, 9.17) is 0 Å². The predicted molar refractivity (Wildman–Crippen MR) is 149 cm³/mol. The standard InChI is InChI=1S/C31H30BrNO3/c1-21(2)24-14-13-22(3)25(17-24)20-33-29-16-15-26(32)18-28(29)31(36,30(33)35)19-27(34)12-8-7-11-23-9-5-4-6-10-23/h4-18,21,36H,19-20H2,1-3H3/b11-7+,12-8+/t31-/m0/s1. The Hall–Kier alpha value is -3.28. The molecule has 0 fully saturated rings. The van der Waals surface area contributed by atoms with Gasteiger partial charge in [0.2, 0.25) is 0 Å². The Bertz CT molecular complexity index is 1340. The fourth-order valence-corrected chi connectivity index (χ4v) is 4.81. The Morgan fingerprint density at radius 1 is 1.06 bits per heavy atom. The molecule has 1 N–H and O–H groups in total. The minimum Gasteiger partial charge on any atom is -0.375 e. The average molecular weight is 544 g/mol. The second-order valence-electron chi connectivity index (χ2n) is 9.53. The molecule has 3 aromatic rings. The van der Waals surface area contributed by atoms with E-state index in [1.807, 2.05) is 55.5 Å². The number of anilines is 1. The third-order valence-corrected chi connectivity index (χ3v) is 7.07. The van der Waals surface area contributed by atoms with E-state index in [1.54, 1.807) is 23.1 Å². The number of amides is 1. The zero-order valence-corrected chi connectivity index (χ0v) is 22.3. The molecule has 0 saturated carbocycles. The van der Waals surface area contributed by atoms with Crippen molar-refractivity contribution in [1.29, 1.82) is 0 Å². The van der Waals surface area contributed by atoms with Gasteiger partial charge in [0.15, 0.2) is 11.4 Å². The molecule has 0 bridgehead atoms. The van der Waals surface area contributed by atoms with Gasteiger partial charge in [0.1, 0.15) is 0 Å².